The standard InChI is InChI=1S/C22H19N.H2/c1-2-4-7-18(6-3-1)21-11-10-17-8-5-9-20(17)16-22(21)19-12-14-23-15-13-19;/h1-3,5-7,9-10,12-16H,4,8,11H2;1H. The van der Waals surface area contributed by atoms with E-state index in [-0.39, 0.29) is 1.43 Å². The summed E-state index contributed by atoms with van der Waals surface area (Å²) in [6, 6.07) is 4.21. The van der Waals surface area contributed by atoms with Crippen LogP contribution in [0.5, 0.6) is 0 Å². The second kappa shape index (κ2) is 6.21. The summed E-state index contributed by atoms with van der Waals surface area (Å²) < 4.78 is 0. The van der Waals surface area contributed by atoms with Crippen molar-refractivity contribution in [2.24, 2.45) is 0 Å². The second-order valence-corrected chi connectivity index (χ2v) is 5.95. The van der Waals surface area contributed by atoms with Gasteiger partial charge in [0, 0.05) is 13.8 Å². The van der Waals surface area contributed by atoms with Gasteiger partial charge >= 0.3 is 0 Å². The zero-order chi connectivity index (χ0) is 15.5. The van der Waals surface area contributed by atoms with Crippen molar-refractivity contribution in [1.82, 2.24) is 4.98 Å². The van der Waals surface area contributed by atoms with E-state index < -0.39 is 0 Å². The molecule has 1 nitrogen and oxygen atoms in total. The molecular weight excluding hydrogens is 278 g/mol. The highest BCUT2D eigenvalue weighted by Crippen LogP contribution is 2.37. The van der Waals surface area contributed by atoms with Crippen LogP contribution in [0.4, 0.5) is 0 Å². The largest absolute Gasteiger partial charge is 0.265 e. The summed E-state index contributed by atoms with van der Waals surface area (Å²) in [6.45, 7) is 0. The number of aromatic nitrogens is 1. The molecule has 3 aliphatic carbocycles. The fraction of sp³-hybridized carbons (Fsp3) is 0.136. The van der Waals surface area contributed by atoms with Gasteiger partial charge in [-0.3, -0.25) is 4.98 Å². The predicted molar refractivity (Wildman–Crippen MR) is 98.8 cm³/mol. The first-order valence-electron chi connectivity index (χ1n) is 8.17. The smallest absolute Gasteiger partial charge is 0.0273 e. The molecule has 3 aliphatic rings. The Kier molecular flexibility index (Phi) is 3.77. The molecular formula is C22H21N. The Morgan fingerprint density at radius 2 is 1.78 bits per heavy atom. The van der Waals surface area contributed by atoms with Gasteiger partial charge < -0.3 is 0 Å². The van der Waals surface area contributed by atoms with Gasteiger partial charge in [-0.25, -0.2) is 0 Å². The number of nitrogens with zero attached hydrogens (tertiary/aromatic N) is 1. The van der Waals surface area contributed by atoms with E-state index in [0.717, 1.165) is 19.3 Å². The highest BCUT2D eigenvalue weighted by atomic mass is 14.6. The maximum absolute atomic E-state index is 4.17. The Morgan fingerprint density at radius 3 is 2.70 bits per heavy atom. The third kappa shape index (κ3) is 2.83. The number of rotatable bonds is 2. The first-order chi connectivity index (χ1) is 11.4. The van der Waals surface area contributed by atoms with Gasteiger partial charge in [-0.05, 0) is 70.9 Å². The van der Waals surface area contributed by atoms with E-state index in [0.29, 0.717) is 0 Å². The Bertz CT molecular complexity index is 830. The molecule has 1 heterocycles. The van der Waals surface area contributed by atoms with Crippen LogP contribution in [0.15, 0.2) is 102 Å². The lowest BCUT2D eigenvalue weighted by atomic mass is 9.92. The zero-order valence-corrected chi connectivity index (χ0v) is 13.1. The summed E-state index contributed by atoms with van der Waals surface area (Å²) >= 11 is 0. The highest BCUT2D eigenvalue weighted by Gasteiger charge is 2.17. The van der Waals surface area contributed by atoms with Crippen LogP contribution in [-0.4, -0.2) is 4.98 Å². The Labute approximate surface area is 138 Å². The molecule has 0 saturated carbocycles. The number of pyridine rings is 1. The van der Waals surface area contributed by atoms with E-state index in [9.17, 15) is 0 Å². The van der Waals surface area contributed by atoms with Gasteiger partial charge in [-0.1, -0.05) is 48.6 Å². The lowest BCUT2D eigenvalue weighted by molar-refractivity contribution is 1.19. The lowest BCUT2D eigenvalue weighted by Gasteiger charge is -2.13. The Balaban J connectivity index is 0.00000169. The zero-order valence-electron chi connectivity index (χ0n) is 13.1. The molecule has 23 heavy (non-hydrogen) atoms. The van der Waals surface area contributed by atoms with Crippen molar-refractivity contribution >= 4 is 5.57 Å². The minimum absolute atomic E-state index is 0. The topological polar surface area (TPSA) is 12.9 Å². The van der Waals surface area contributed by atoms with Crippen LogP contribution in [0.25, 0.3) is 5.57 Å². The van der Waals surface area contributed by atoms with E-state index in [4.69, 9.17) is 0 Å². The molecule has 4 rings (SSSR count). The van der Waals surface area contributed by atoms with Crippen molar-refractivity contribution in [1.29, 1.82) is 0 Å². The molecule has 0 N–H and O–H groups in total. The molecule has 0 radical (unpaired) electrons. The summed E-state index contributed by atoms with van der Waals surface area (Å²) in [7, 11) is 0. The molecule has 0 aliphatic heterocycles. The van der Waals surface area contributed by atoms with E-state index in [1.807, 2.05) is 12.4 Å². The fourth-order valence-corrected chi connectivity index (χ4v) is 3.32. The molecule has 0 amide bonds. The molecule has 0 saturated heterocycles. The number of fused-ring (bicyclic) bond motifs is 1. The molecule has 0 unspecified atom stereocenters. The van der Waals surface area contributed by atoms with Crippen molar-refractivity contribution < 1.29 is 1.43 Å². The normalized spacial score (nSPS) is 19.7. The van der Waals surface area contributed by atoms with Gasteiger partial charge in [0.1, 0.15) is 0 Å². The van der Waals surface area contributed by atoms with E-state index in [2.05, 4.69) is 71.8 Å². The minimum atomic E-state index is 0. The third-order valence-corrected chi connectivity index (χ3v) is 4.52. The van der Waals surface area contributed by atoms with Crippen molar-refractivity contribution in [3.05, 3.63) is 107 Å². The van der Waals surface area contributed by atoms with E-state index >= 15 is 0 Å². The van der Waals surface area contributed by atoms with Gasteiger partial charge in [-0.15, -0.1) is 0 Å². The predicted octanol–water partition coefficient (Wildman–Crippen LogP) is 5.74. The second-order valence-electron chi connectivity index (χ2n) is 5.95. The van der Waals surface area contributed by atoms with Crippen LogP contribution in [0.3, 0.4) is 0 Å². The number of hydrogen-bond donors (Lipinski definition) is 0. The first-order valence-corrected chi connectivity index (χ1v) is 8.17. The quantitative estimate of drug-likeness (QED) is 0.678. The average molecular weight is 299 g/mol. The maximum atomic E-state index is 4.17. The summed E-state index contributed by atoms with van der Waals surface area (Å²) in [5.74, 6) is 0. The molecule has 0 fully saturated rings. The van der Waals surface area contributed by atoms with Crippen LogP contribution in [0, 0.1) is 0 Å². The Morgan fingerprint density at radius 1 is 0.870 bits per heavy atom. The van der Waals surface area contributed by atoms with Crippen molar-refractivity contribution in [2.45, 2.75) is 19.3 Å². The maximum Gasteiger partial charge on any atom is 0.0273 e. The SMILES string of the molecule is C1=CCC=C(C2=C(c3ccncc3)C=C3C=CCC3=CC2)C=C1.[HH]. The van der Waals surface area contributed by atoms with Crippen molar-refractivity contribution in [2.75, 3.05) is 0 Å². The van der Waals surface area contributed by atoms with E-state index in [1.165, 1.54) is 33.4 Å². The van der Waals surface area contributed by atoms with Gasteiger partial charge in [0.2, 0.25) is 0 Å². The minimum Gasteiger partial charge on any atom is -0.265 e. The van der Waals surface area contributed by atoms with Crippen molar-refractivity contribution in [3.8, 4) is 0 Å². The number of hydrogen-bond acceptors (Lipinski definition) is 1. The monoisotopic (exact) mass is 299 g/mol. The van der Waals surface area contributed by atoms with Gasteiger partial charge in [0.15, 0.2) is 0 Å². The summed E-state index contributed by atoms with van der Waals surface area (Å²) in [5, 5.41) is 0. The van der Waals surface area contributed by atoms with Crippen LogP contribution < -0.4 is 0 Å². The molecule has 114 valence electrons. The van der Waals surface area contributed by atoms with Crippen molar-refractivity contribution in [3.63, 3.8) is 0 Å². The van der Waals surface area contributed by atoms with Gasteiger partial charge in [0.25, 0.3) is 0 Å². The molecule has 0 spiro atoms. The Hall–Kier alpha value is -2.67. The van der Waals surface area contributed by atoms with Gasteiger partial charge in [0.05, 0.1) is 0 Å². The van der Waals surface area contributed by atoms with Gasteiger partial charge in [-0.2, -0.15) is 0 Å². The molecule has 1 aromatic heterocycles. The third-order valence-electron chi connectivity index (χ3n) is 4.52. The lowest BCUT2D eigenvalue weighted by Crippen LogP contribution is -1.93. The first kappa shape index (κ1) is 14.0. The van der Waals surface area contributed by atoms with Crippen LogP contribution >= 0.6 is 0 Å². The summed E-state index contributed by atoms with van der Waals surface area (Å²) in [5.41, 5.74) is 8.09. The summed E-state index contributed by atoms with van der Waals surface area (Å²) in [6.07, 6.45) is 27.0. The summed E-state index contributed by atoms with van der Waals surface area (Å²) in [4.78, 5) is 4.17. The van der Waals surface area contributed by atoms with E-state index in [1.54, 1.807) is 0 Å². The fourth-order valence-electron chi connectivity index (χ4n) is 3.32. The molecule has 0 aromatic carbocycles. The van der Waals surface area contributed by atoms with Crippen LogP contribution in [0.1, 0.15) is 26.3 Å². The number of allylic oxidation sites excluding steroid dienone is 14. The molecule has 0 bridgehead atoms. The molecule has 1 aromatic rings. The average Bonchev–Trinajstić information content (AvgIpc) is 2.79. The van der Waals surface area contributed by atoms with Crippen LogP contribution in [-0.2, 0) is 0 Å². The molecule has 1 heteroatoms. The highest BCUT2D eigenvalue weighted by molar-refractivity contribution is 5.83. The van der Waals surface area contributed by atoms with Crippen LogP contribution in [0.2, 0.25) is 0 Å². The molecule has 0 atom stereocenters.